The summed E-state index contributed by atoms with van der Waals surface area (Å²) in [6.07, 6.45) is 2.09. The molecule has 4 nitrogen and oxygen atoms in total. The quantitative estimate of drug-likeness (QED) is 0.750. The first-order chi connectivity index (χ1) is 11.2. The van der Waals surface area contributed by atoms with Crippen LogP contribution in [0.4, 0.5) is 0 Å². The van der Waals surface area contributed by atoms with Gasteiger partial charge in [-0.15, -0.1) is 0 Å². The molecule has 0 bridgehead atoms. The van der Waals surface area contributed by atoms with Gasteiger partial charge in [-0.2, -0.15) is 5.06 Å². The van der Waals surface area contributed by atoms with Crippen molar-refractivity contribution in [1.29, 1.82) is 0 Å². The second kappa shape index (κ2) is 8.10. The highest BCUT2D eigenvalue weighted by molar-refractivity contribution is 6.74. The van der Waals surface area contributed by atoms with Crippen molar-refractivity contribution >= 4 is 8.32 Å². The highest BCUT2D eigenvalue weighted by Crippen LogP contribution is 2.37. The average molecular weight is 352 g/mol. The van der Waals surface area contributed by atoms with Crippen LogP contribution in [0.1, 0.15) is 45.2 Å². The Hall–Kier alpha value is -0.723. The zero-order valence-electron chi connectivity index (χ0n) is 15.8. The van der Waals surface area contributed by atoms with E-state index in [1.807, 2.05) is 35.4 Å². The largest absolute Gasteiger partial charge is 0.417 e. The molecule has 0 radical (unpaired) electrons. The zero-order chi connectivity index (χ0) is 17.8. The summed E-state index contributed by atoms with van der Waals surface area (Å²) in [7, 11) is -1.68. The van der Waals surface area contributed by atoms with Crippen LogP contribution in [0.25, 0.3) is 0 Å². The van der Waals surface area contributed by atoms with E-state index in [9.17, 15) is 5.11 Å². The summed E-state index contributed by atoms with van der Waals surface area (Å²) in [4.78, 5) is 6.08. The molecule has 1 aliphatic rings. The van der Waals surface area contributed by atoms with Gasteiger partial charge in [0.25, 0.3) is 0 Å². The van der Waals surface area contributed by atoms with Crippen molar-refractivity contribution in [1.82, 2.24) is 5.06 Å². The fourth-order valence-corrected chi connectivity index (χ4v) is 3.76. The zero-order valence-corrected chi connectivity index (χ0v) is 16.8. The highest BCUT2D eigenvalue weighted by atomic mass is 28.4. The maximum atomic E-state index is 9.76. The lowest BCUT2D eigenvalue weighted by Gasteiger charge is -2.36. The van der Waals surface area contributed by atoms with E-state index >= 15 is 0 Å². The third-order valence-corrected chi connectivity index (χ3v) is 9.91. The Morgan fingerprint density at radius 1 is 1.29 bits per heavy atom. The first-order valence-corrected chi connectivity index (χ1v) is 11.9. The van der Waals surface area contributed by atoms with E-state index in [-0.39, 0.29) is 23.8 Å². The Morgan fingerprint density at radius 2 is 1.96 bits per heavy atom. The molecule has 0 spiro atoms. The summed E-state index contributed by atoms with van der Waals surface area (Å²) in [5, 5.41) is 11.9. The van der Waals surface area contributed by atoms with Crippen molar-refractivity contribution in [3.63, 3.8) is 0 Å². The molecule has 0 aromatic heterocycles. The molecule has 1 saturated heterocycles. The monoisotopic (exact) mass is 351 g/mol. The molecule has 2 rings (SSSR count). The lowest BCUT2D eigenvalue weighted by Crippen LogP contribution is -2.41. The molecular formula is C19H33NO3Si. The number of aliphatic hydroxyl groups is 1. The molecule has 0 amide bonds. The van der Waals surface area contributed by atoms with Crippen LogP contribution in [0.15, 0.2) is 30.3 Å². The Bertz CT molecular complexity index is 501. The van der Waals surface area contributed by atoms with Crippen LogP contribution in [0, 0.1) is 0 Å². The van der Waals surface area contributed by atoms with Gasteiger partial charge in [0.05, 0.1) is 18.8 Å². The molecule has 2 atom stereocenters. The molecule has 1 heterocycles. The van der Waals surface area contributed by atoms with Gasteiger partial charge < -0.3 is 9.53 Å². The first-order valence-electron chi connectivity index (χ1n) is 8.98. The van der Waals surface area contributed by atoms with Crippen molar-refractivity contribution in [3.05, 3.63) is 35.9 Å². The summed E-state index contributed by atoms with van der Waals surface area (Å²) < 4.78 is 6.25. The van der Waals surface area contributed by atoms with E-state index < -0.39 is 8.32 Å². The van der Waals surface area contributed by atoms with Crippen LogP contribution < -0.4 is 0 Å². The van der Waals surface area contributed by atoms with Crippen LogP contribution in [0.5, 0.6) is 0 Å². The minimum absolute atomic E-state index is 0.0667. The molecule has 1 aromatic rings. The number of hydrogen-bond acceptors (Lipinski definition) is 4. The molecule has 0 unspecified atom stereocenters. The number of hydrogen-bond donors (Lipinski definition) is 1. The van der Waals surface area contributed by atoms with Crippen molar-refractivity contribution in [2.45, 2.75) is 63.9 Å². The molecule has 24 heavy (non-hydrogen) atoms. The Balaban J connectivity index is 1.83. The van der Waals surface area contributed by atoms with E-state index in [0.29, 0.717) is 0 Å². The summed E-state index contributed by atoms with van der Waals surface area (Å²) in [5.74, 6) is 0. The fourth-order valence-electron chi connectivity index (χ4n) is 2.69. The molecule has 1 fully saturated rings. The third kappa shape index (κ3) is 4.89. The molecule has 0 aliphatic carbocycles. The van der Waals surface area contributed by atoms with Gasteiger partial charge in [-0.3, -0.25) is 4.84 Å². The number of rotatable bonds is 7. The van der Waals surface area contributed by atoms with Crippen LogP contribution in [0.3, 0.4) is 0 Å². The first kappa shape index (κ1) is 19.6. The highest BCUT2D eigenvalue weighted by Gasteiger charge is 2.37. The second-order valence-corrected chi connectivity index (χ2v) is 13.0. The number of benzene rings is 1. The summed E-state index contributed by atoms with van der Waals surface area (Å²) >= 11 is 0. The maximum absolute atomic E-state index is 9.76. The van der Waals surface area contributed by atoms with Gasteiger partial charge in [0.2, 0.25) is 0 Å². The molecular weight excluding hydrogens is 318 g/mol. The lowest BCUT2D eigenvalue weighted by atomic mass is 10.1. The summed E-state index contributed by atoms with van der Waals surface area (Å²) in [5.41, 5.74) is 1.10. The normalized spacial score (nSPS) is 21.2. The molecule has 0 saturated carbocycles. The number of aliphatic hydroxyl groups excluding tert-OH is 1. The number of hydroxylamine groups is 2. The smallest absolute Gasteiger partial charge is 0.191 e. The topological polar surface area (TPSA) is 41.9 Å². The Labute approximate surface area is 147 Å². The van der Waals surface area contributed by atoms with Gasteiger partial charge in [-0.05, 0) is 36.5 Å². The molecule has 1 N–H and O–H groups in total. The van der Waals surface area contributed by atoms with Crippen molar-refractivity contribution < 1.29 is 14.4 Å². The lowest BCUT2D eigenvalue weighted by molar-refractivity contribution is -0.183. The van der Waals surface area contributed by atoms with Gasteiger partial charge in [-0.25, -0.2) is 0 Å². The molecule has 1 aromatic carbocycles. The van der Waals surface area contributed by atoms with Gasteiger partial charge >= 0.3 is 0 Å². The van der Waals surface area contributed by atoms with Gasteiger partial charge in [-0.1, -0.05) is 51.1 Å². The summed E-state index contributed by atoms with van der Waals surface area (Å²) in [6.45, 7) is 13.0. The van der Waals surface area contributed by atoms with Crippen molar-refractivity contribution in [2.24, 2.45) is 0 Å². The average Bonchev–Trinajstić information content (AvgIpc) is 2.96. The Kier molecular flexibility index (Phi) is 6.62. The maximum Gasteiger partial charge on any atom is 0.191 e. The van der Waals surface area contributed by atoms with E-state index in [4.69, 9.17) is 9.26 Å². The Morgan fingerprint density at radius 3 is 2.54 bits per heavy atom. The second-order valence-electron chi connectivity index (χ2n) is 8.16. The van der Waals surface area contributed by atoms with Gasteiger partial charge in [0, 0.05) is 13.2 Å². The molecule has 1 aliphatic heterocycles. The molecule has 136 valence electrons. The molecule has 5 heteroatoms. The standard InChI is InChI=1S/C19H33NO3Si/c1-19(2,3)24(4,5)22-14-12-17-11-13-20(23-17)18(15-21)16-9-7-6-8-10-16/h6-10,17-18,21H,11-15H2,1-5H3/t17-,18+/m1/s1. The van der Waals surface area contributed by atoms with Crippen LogP contribution in [-0.4, -0.2) is 44.3 Å². The minimum Gasteiger partial charge on any atom is -0.417 e. The van der Waals surface area contributed by atoms with Crippen LogP contribution in [-0.2, 0) is 9.26 Å². The van der Waals surface area contributed by atoms with Gasteiger partial charge in [0.15, 0.2) is 8.32 Å². The van der Waals surface area contributed by atoms with E-state index in [0.717, 1.165) is 31.6 Å². The van der Waals surface area contributed by atoms with E-state index in [1.54, 1.807) is 0 Å². The van der Waals surface area contributed by atoms with Crippen LogP contribution in [0.2, 0.25) is 18.1 Å². The predicted octanol–water partition coefficient (Wildman–Crippen LogP) is 4.14. The number of nitrogens with zero attached hydrogens (tertiary/aromatic N) is 1. The SMILES string of the molecule is CC(C)(C)[Si](C)(C)OCC[C@H]1CCN([C@@H](CO)c2ccccc2)O1. The van der Waals surface area contributed by atoms with Crippen molar-refractivity contribution in [3.8, 4) is 0 Å². The van der Waals surface area contributed by atoms with Gasteiger partial charge in [0.1, 0.15) is 0 Å². The van der Waals surface area contributed by atoms with Crippen molar-refractivity contribution in [2.75, 3.05) is 19.8 Å². The fraction of sp³-hybridized carbons (Fsp3) is 0.684. The summed E-state index contributed by atoms with van der Waals surface area (Å²) in [6, 6.07) is 9.98. The van der Waals surface area contributed by atoms with E-state index in [1.165, 1.54) is 0 Å². The predicted molar refractivity (Wildman–Crippen MR) is 100 cm³/mol. The van der Waals surface area contributed by atoms with Crippen LogP contribution >= 0.6 is 0 Å². The third-order valence-electron chi connectivity index (χ3n) is 5.37. The minimum atomic E-state index is -1.68. The van der Waals surface area contributed by atoms with E-state index in [2.05, 4.69) is 33.9 Å².